The van der Waals surface area contributed by atoms with E-state index in [4.69, 9.17) is 0 Å². The van der Waals surface area contributed by atoms with Gasteiger partial charge in [-0.25, -0.2) is 4.79 Å². The maximum atomic E-state index is 12.1. The Balaban J connectivity index is 1.61. The zero-order valence-corrected chi connectivity index (χ0v) is 12.7. The van der Waals surface area contributed by atoms with Crippen molar-refractivity contribution in [2.75, 3.05) is 57.8 Å². The Morgan fingerprint density at radius 1 is 1.14 bits per heavy atom. The molecule has 0 bridgehead atoms. The van der Waals surface area contributed by atoms with Gasteiger partial charge in [-0.15, -0.1) is 0 Å². The van der Waals surface area contributed by atoms with Crippen LogP contribution in [-0.2, 0) is 6.42 Å². The number of piperazine rings is 1. The minimum absolute atomic E-state index is 0.106. The molecular formula is C16H24N4O. The minimum atomic E-state index is 0.106. The molecule has 0 aromatic heterocycles. The van der Waals surface area contributed by atoms with Crippen molar-refractivity contribution in [1.29, 1.82) is 0 Å². The number of benzene rings is 1. The summed E-state index contributed by atoms with van der Waals surface area (Å²) in [5.41, 5.74) is 2.34. The normalized spacial score (nSPS) is 20.3. The Kier molecular flexibility index (Phi) is 4.41. The molecule has 2 amide bonds. The van der Waals surface area contributed by atoms with E-state index < -0.39 is 0 Å². The number of nitrogens with zero attached hydrogens (tertiary/aromatic N) is 3. The number of hydrogen-bond donors (Lipinski definition) is 1. The van der Waals surface area contributed by atoms with Gasteiger partial charge >= 0.3 is 6.03 Å². The van der Waals surface area contributed by atoms with E-state index in [1.165, 1.54) is 5.56 Å². The lowest BCUT2D eigenvalue weighted by Crippen LogP contribution is -2.44. The molecule has 1 N–H and O–H groups in total. The van der Waals surface area contributed by atoms with Gasteiger partial charge in [0.15, 0.2) is 0 Å². The molecule has 0 atom stereocenters. The Hall–Kier alpha value is -1.59. The van der Waals surface area contributed by atoms with Crippen LogP contribution in [0.2, 0.25) is 0 Å². The summed E-state index contributed by atoms with van der Waals surface area (Å²) in [6.45, 7) is 7.15. The van der Waals surface area contributed by atoms with Gasteiger partial charge in [-0.3, -0.25) is 4.90 Å². The van der Waals surface area contributed by atoms with Crippen molar-refractivity contribution < 1.29 is 4.79 Å². The highest BCUT2D eigenvalue weighted by Gasteiger charge is 2.26. The molecule has 0 aliphatic carbocycles. The molecule has 3 rings (SSSR count). The Labute approximate surface area is 126 Å². The molecule has 5 heteroatoms. The molecule has 1 aromatic carbocycles. The lowest BCUT2D eigenvalue weighted by atomic mass is 10.1. The number of anilines is 1. The Morgan fingerprint density at radius 3 is 2.67 bits per heavy atom. The van der Waals surface area contributed by atoms with E-state index in [2.05, 4.69) is 28.4 Å². The number of urea groups is 1. The maximum absolute atomic E-state index is 12.1. The topological polar surface area (TPSA) is 38.8 Å². The second-order valence-corrected chi connectivity index (χ2v) is 5.87. The third kappa shape index (κ3) is 3.36. The smallest absolute Gasteiger partial charge is 0.324 e. The van der Waals surface area contributed by atoms with E-state index in [-0.39, 0.29) is 6.03 Å². The van der Waals surface area contributed by atoms with E-state index in [0.717, 1.165) is 57.9 Å². The van der Waals surface area contributed by atoms with Crippen LogP contribution in [0.5, 0.6) is 0 Å². The summed E-state index contributed by atoms with van der Waals surface area (Å²) in [5, 5.41) is 3.38. The molecule has 2 saturated heterocycles. The van der Waals surface area contributed by atoms with Gasteiger partial charge in [0, 0.05) is 58.5 Å². The van der Waals surface area contributed by atoms with Crippen molar-refractivity contribution in [3.8, 4) is 0 Å². The third-order valence-electron chi connectivity index (χ3n) is 4.37. The quantitative estimate of drug-likeness (QED) is 0.898. The molecule has 2 fully saturated rings. The fourth-order valence-corrected chi connectivity index (χ4v) is 2.99. The largest absolute Gasteiger partial charge is 0.326 e. The van der Waals surface area contributed by atoms with Gasteiger partial charge in [-0.2, -0.15) is 0 Å². The standard InChI is InChI=1S/C16H24N4O/c1-18-11-12-20(16(18)21)15-4-2-3-14(13-15)5-8-19-9-6-17-7-10-19/h2-4,13,17H,5-12H2,1H3. The first-order chi connectivity index (χ1) is 10.2. The summed E-state index contributed by atoms with van der Waals surface area (Å²) in [7, 11) is 1.86. The van der Waals surface area contributed by atoms with Crippen LogP contribution in [-0.4, -0.2) is 68.7 Å². The van der Waals surface area contributed by atoms with Crippen molar-refractivity contribution >= 4 is 11.7 Å². The van der Waals surface area contributed by atoms with Crippen molar-refractivity contribution in [3.05, 3.63) is 29.8 Å². The summed E-state index contributed by atoms with van der Waals surface area (Å²) in [6, 6.07) is 8.53. The van der Waals surface area contributed by atoms with Crippen LogP contribution in [0.25, 0.3) is 0 Å². The van der Waals surface area contributed by atoms with E-state index in [1.54, 1.807) is 4.90 Å². The van der Waals surface area contributed by atoms with Crippen molar-refractivity contribution in [2.24, 2.45) is 0 Å². The number of rotatable bonds is 4. The highest BCUT2D eigenvalue weighted by atomic mass is 16.2. The molecule has 5 nitrogen and oxygen atoms in total. The monoisotopic (exact) mass is 288 g/mol. The van der Waals surface area contributed by atoms with Gasteiger partial charge < -0.3 is 15.1 Å². The maximum Gasteiger partial charge on any atom is 0.324 e. The molecule has 21 heavy (non-hydrogen) atoms. The van der Waals surface area contributed by atoms with Crippen molar-refractivity contribution in [1.82, 2.24) is 15.1 Å². The average Bonchev–Trinajstić information content (AvgIpc) is 2.86. The molecule has 0 unspecified atom stereocenters. The van der Waals surface area contributed by atoms with Crippen LogP contribution in [0.15, 0.2) is 24.3 Å². The summed E-state index contributed by atoms with van der Waals surface area (Å²) in [5.74, 6) is 0. The van der Waals surface area contributed by atoms with Crippen molar-refractivity contribution in [2.45, 2.75) is 6.42 Å². The predicted molar refractivity (Wildman–Crippen MR) is 84.8 cm³/mol. The zero-order chi connectivity index (χ0) is 14.7. The fourth-order valence-electron chi connectivity index (χ4n) is 2.99. The van der Waals surface area contributed by atoms with Crippen LogP contribution in [0.3, 0.4) is 0 Å². The number of amides is 2. The molecule has 2 aliphatic rings. The first-order valence-electron chi connectivity index (χ1n) is 7.79. The SMILES string of the molecule is CN1CCN(c2cccc(CCN3CCNCC3)c2)C1=O. The molecule has 2 heterocycles. The third-order valence-corrected chi connectivity index (χ3v) is 4.37. The predicted octanol–water partition coefficient (Wildman–Crippen LogP) is 1.01. The summed E-state index contributed by atoms with van der Waals surface area (Å²) >= 11 is 0. The summed E-state index contributed by atoms with van der Waals surface area (Å²) < 4.78 is 0. The molecule has 0 radical (unpaired) electrons. The fraction of sp³-hybridized carbons (Fsp3) is 0.562. The highest BCUT2D eigenvalue weighted by Crippen LogP contribution is 2.21. The van der Waals surface area contributed by atoms with Gasteiger partial charge in [0.25, 0.3) is 0 Å². The molecule has 1 aromatic rings. The number of carbonyl (C=O) groups excluding carboxylic acids is 1. The highest BCUT2D eigenvalue weighted by molar-refractivity contribution is 5.93. The molecule has 2 aliphatic heterocycles. The van der Waals surface area contributed by atoms with Gasteiger partial charge in [-0.05, 0) is 24.1 Å². The molecule has 0 spiro atoms. The zero-order valence-electron chi connectivity index (χ0n) is 12.7. The van der Waals surface area contributed by atoms with E-state index in [0.29, 0.717) is 0 Å². The van der Waals surface area contributed by atoms with Crippen LogP contribution in [0.4, 0.5) is 10.5 Å². The number of nitrogens with one attached hydrogen (secondary N) is 1. The Bertz CT molecular complexity index is 499. The lowest BCUT2D eigenvalue weighted by Gasteiger charge is -2.27. The van der Waals surface area contributed by atoms with Crippen LogP contribution < -0.4 is 10.2 Å². The first kappa shape index (κ1) is 14.4. The number of carbonyl (C=O) groups is 1. The molecule has 114 valence electrons. The number of hydrogen-bond acceptors (Lipinski definition) is 3. The van der Waals surface area contributed by atoms with Gasteiger partial charge in [0.1, 0.15) is 0 Å². The van der Waals surface area contributed by atoms with Crippen molar-refractivity contribution in [3.63, 3.8) is 0 Å². The molecular weight excluding hydrogens is 264 g/mol. The first-order valence-corrected chi connectivity index (χ1v) is 7.79. The van der Waals surface area contributed by atoms with E-state index in [9.17, 15) is 4.79 Å². The van der Waals surface area contributed by atoms with Crippen LogP contribution >= 0.6 is 0 Å². The minimum Gasteiger partial charge on any atom is -0.326 e. The van der Waals surface area contributed by atoms with Gasteiger partial charge in [0.05, 0.1) is 0 Å². The van der Waals surface area contributed by atoms with E-state index >= 15 is 0 Å². The molecule has 0 saturated carbocycles. The summed E-state index contributed by atoms with van der Waals surface area (Å²) in [4.78, 5) is 18.2. The van der Waals surface area contributed by atoms with Gasteiger partial charge in [-0.1, -0.05) is 12.1 Å². The summed E-state index contributed by atoms with van der Waals surface area (Å²) in [6.07, 6.45) is 1.05. The Morgan fingerprint density at radius 2 is 1.95 bits per heavy atom. The lowest BCUT2D eigenvalue weighted by molar-refractivity contribution is 0.229. The van der Waals surface area contributed by atoms with Crippen LogP contribution in [0, 0.1) is 0 Å². The average molecular weight is 288 g/mol. The second-order valence-electron chi connectivity index (χ2n) is 5.87. The van der Waals surface area contributed by atoms with E-state index in [1.807, 2.05) is 18.0 Å². The van der Waals surface area contributed by atoms with Gasteiger partial charge in [0.2, 0.25) is 0 Å². The number of likely N-dealkylation sites (N-methyl/N-ethyl adjacent to an activating group) is 1. The van der Waals surface area contributed by atoms with Crippen LogP contribution in [0.1, 0.15) is 5.56 Å². The second kappa shape index (κ2) is 6.45.